The third-order valence-electron chi connectivity index (χ3n) is 6.13. The molecule has 3 atom stereocenters. The standard InChI is InChI=1S/C24H38N4O3/c1-18(2)23(28-16-19(3)31-20(4)17-28)24(30)25-11-10-22(29)27-14-12-26(13-15-27)21-8-6-5-7-9-21/h5-9,18-20,23H,10-17H2,1-4H3,(H,25,30). The van der Waals surface area contributed by atoms with Crippen LogP contribution >= 0.6 is 0 Å². The van der Waals surface area contributed by atoms with Gasteiger partial charge >= 0.3 is 0 Å². The van der Waals surface area contributed by atoms with Crippen molar-refractivity contribution in [2.24, 2.45) is 5.92 Å². The Morgan fingerprint density at radius 1 is 1.03 bits per heavy atom. The first-order chi connectivity index (χ1) is 14.8. The minimum Gasteiger partial charge on any atom is -0.373 e. The van der Waals surface area contributed by atoms with Crippen LogP contribution in [0.3, 0.4) is 0 Å². The van der Waals surface area contributed by atoms with E-state index < -0.39 is 0 Å². The Morgan fingerprint density at radius 2 is 1.65 bits per heavy atom. The van der Waals surface area contributed by atoms with Crippen molar-refractivity contribution in [3.05, 3.63) is 30.3 Å². The summed E-state index contributed by atoms with van der Waals surface area (Å²) in [6, 6.07) is 10.1. The van der Waals surface area contributed by atoms with Crippen molar-refractivity contribution < 1.29 is 14.3 Å². The number of piperazine rings is 1. The summed E-state index contributed by atoms with van der Waals surface area (Å²) in [7, 11) is 0. The second-order valence-corrected chi connectivity index (χ2v) is 9.14. The number of morpholine rings is 1. The van der Waals surface area contributed by atoms with E-state index in [0.717, 1.165) is 39.3 Å². The van der Waals surface area contributed by atoms with Crippen molar-refractivity contribution in [3.63, 3.8) is 0 Å². The van der Waals surface area contributed by atoms with Gasteiger partial charge in [-0.3, -0.25) is 14.5 Å². The van der Waals surface area contributed by atoms with Gasteiger partial charge in [0.05, 0.1) is 18.2 Å². The smallest absolute Gasteiger partial charge is 0.237 e. The molecule has 2 saturated heterocycles. The van der Waals surface area contributed by atoms with Crippen LogP contribution in [0.5, 0.6) is 0 Å². The molecule has 3 rings (SSSR count). The molecule has 0 aromatic heterocycles. The van der Waals surface area contributed by atoms with Crippen LogP contribution < -0.4 is 10.2 Å². The molecular formula is C24H38N4O3. The van der Waals surface area contributed by atoms with Gasteiger partial charge in [-0.15, -0.1) is 0 Å². The van der Waals surface area contributed by atoms with Gasteiger partial charge in [0, 0.05) is 57.9 Å². The second-order valence-electron chi connectivity index (χ2n) is 9.14. The number of amides is 2. The molecule has 2 fully saturated rings. The van der Waals surface area contributed by atoms with Crippen molar-refractivity contribution >= 4 is 17.5 Å². The van der Waals surface area contributed by atoms with E-state index in [0.29, 0.717) is 13.0 Å². The Hall–Kier alpha value is -2.12. The quantitative estimate of drug-likeness (QED) is 0.717. The number of carbonyl (C=O) groups excluding carboxylic acids is 2. The zero-order valence-corrected chi connectivity index (χ0v) is 19.4. The first kappa shape index (κ1) is 23.5. The lowest BCUT2D eigenvalue weighted by Crippen LogP contribution is -2.57. The maximum atomic E-state index is 12.9. The van der Waals surface area contributed by atoms with Crippen LogP contribution in [0.25, 0.3) is 0 Å². The monoisotopic (exact) mass is 430 g/mol. The summed E-state index contributed by atoms with van der Waals surface area (Å²) in [6.07, 6.45) is 0.584. The number of rotatable bonds is 7. The van der Waals surface area contributed by atoms with Crippen LogP contribution in [0, 0.1) is 5.92 Å². The Labute approximate surface area is 186 Å². The molecule has 0 saturated carbocycles. The van der Waals surface area contributed by atoms with Crippen molar-refractivity contribution in [3.8, 4) is 0 Å². The summed E-state index contributed by atoms with van der Waals surface area (Å²) >= 11 is 0. The van der Waals surface area contributed by atoms with E-state index >= 15 is 0 Å². The average molecular weight is 431 g/mol. The highest BCUT2D eigenvalue weighted by Gasteiger charge is 2.34. The van der Waals surface area contributed by atoms with E-state index in [9.17, 15) is 9.59 Å². The summed E-state index contributed by atoms with van der Waals surface area (Å²) in [5.41, 5.74) is 1.20. The Morgan fingerprint density at radius 3 is 2.23 bits per heavy atom. The molecule has 2 heterocycles. The van der Waals surface area contributed by atoms with E-state index in [1.807, 2.05) is 36.9 Å². The number of nitrogens with zero attached hydrogens (tertiary/aromatic N) is 3. The zero-order valence-electron chi connectivity index (χ0n) is 19.4. The lowest BCUT2D eigenvalue weighted by Gasteiger charge is -2.41. The molecule has 1 aromatic rings. The molecule has 3 unspecified atom stereocenters. The van der Waals surface area contributed by atoms with Crippen LogP contribution in [0.2, 0.25) is 0 Å². The highest BCUT2D eigenvalue weighted by Crippen LogP contribution is 2.19. The minimum absolute atomic E-state index is 0.0120. The van der Waals surface area contributed by atoms with Crippen molar-refractivity contribution in [2.45, 2.75) is 52.4 Å². The van der Waals surface area contributed by atoms with Gasteiger partial charge in [0.2, 0.25) is 11.8 Å². The number of hydrogen-bond donors (Lipinski definition) is 1. The molecule has 31 heavy (non-hydrogen) atoms. The third kappa shape index (κ3) is 6.43. The van der Waals surface area contributed by atoms with Crippen molar-refractivity contribution in [2.75, 3.05) is 50.7 Å². The number of carbonyl (C=O) groups is 2. The van der Waals surface area contributed by atoms with Crippen LogP contribution in [0.4, 0.5) is 5.69 Å². The fraction of sp³-hybridized carbons (Fsp3) is 0.667. The van der Waals surface area contributed by atoms with Gasteiger partial charge in [0.25, 0.3) is 0 Å². The fourth-order valence-electron chi connectivity index (χ4n) is 4.74. The van der Waals surface area contributed by atoms with Gasteiger partial charge in [-0.05, 0) is 31.9 Å². The van der Waals surface area contributed by atoms with Gasteiger partial charge in [-0.2, -0.15) is 0 Å². The number of ether oxygens (including phenoxy) is 1. The van der Waals surface area contributed by atoms with Crippen molar-refractivity contribution in [1.29, 1.82) is 0 Å². The zero-order chi connectivity index (χ0) is 22.4. The number of para-hydroxylation sites is 1. The van der Waals surface area contributed by atoms with E-state index in [1.54, 1.807) is 0 Å². The third-order valence-corrected chi connectivity index (χ3v) is 6.13. The largest absolute Gasteiger partial charge is 0.373 e. The Bertz CT molecular complexity index is 709. The van der Waals surface area contributed by atoms with E-state index in [-0.39, 0.29) is 36.0 Å². The van der Waals surface area contributed by atoms with Crippen LogP contribution in [0.1, 0.15) is 34.1 Å². The molecule has 0 spiro atoms. The summed E-state index contributed by atoms with van der Waals surface area (Å²) in [5, 5.41) is 3.02. The number of benzene rings is 1. The number of hydrogen-bond acceptors (Lipinski definition) is 5. The van der Waals surface area contributed by atoms with Gasteiger partial charge in [0.15, 0.2) is 0 Å². The van der Waals surface area contributed by atoms with Crippen molar-refractivity contribution in [1.82, 2.24) is 15.1 Å². The van der Waals surface area contributed by atoms with Crippen LogP contribution in [-0.2, 0) is 14.3 Å². The molecule has 2 aliphatic heterocycles. The summed E-state index contributed by atoms with van der Waals surface area (Å²) in [4.78, 5) is 32.0. The summed E-state index contributed by atoms with van der Waals surface area (Å²) in [6.45, 7) is 13.3. The normalized spacial score (nSPS) is 23.6. The van der Waals surface area contributed by atoms with E-state index in [1.165, 1.54) is 5.69 Å². The molecule has 0 radical (unpaired) electrons. The molecular weight excluding hydrogens is 392 g/mol. The van der Waals surface area contributed by atoms with Gasteiger partial charge < -0.3 is 19.9 Å². The maximum absolute atomic E-state index is 12.9. The predicted molar refractivity (Wildman–Crippen MR) is 123 cm³/mol. The molecule has 172 valence electrons. The van der Waals surface area contributed by atoms with E-state index in [2.05, 4.69) is 41.1 Å². The molecule has 7 nitrogen and oxygen atoms in total. The molecule has 7 heteroatoms. The molecule has 0 aliphatic carbocycles. The predicted octanol–water partition coefficient (Wildman–Crippen LogP) is 1.98. The highest BCUT2D eigenvalue weighted by atomic mass is 16.5. The Kier molecular flexibility index (Phi) is 8.32. The number of anilines is 1. The summed E-state index contributed by atoms with van der Waals surface area (Å²) in [5.74, 6) is 0.319. The van der Waals surface area contributed by atoms with Crippen LogP contribution in [0.15, 0.2) is 30.3 Å². The Balaban J connectivity index is 1.43. The lowest BCUT2D eigenvalue weighted by molar-refractivity contribution is -0.135. The molecule has 2 amide bonds. The van der Waals surface area contributed by atoms with Gasteiger partial charge in [-0.25, -0.2) is 0 Å². The first-order valence-corrected chi connectivity index (χ1v) is 11.6. The second kappa shape index (κ2) is 11.0. The minimum atomic E-state index is -0.196. The number of nitrogens with one attached hydrogen (secondary N) is 1. The molecule has 0 bridgehead atoms. The fourth-order valence-corrected chi connectivity index (χ4v) is 4.74. The van der Waals surface area contributed by atoms with Gasteiger partial charge in [-0.1, -0.05) is 32.0 Å². The molecule has 2 aliphatic rings. The van der Waals surface area contributed by atoms with E-state index in [4.69, 9.17) is 4.74 Å². The topological polar surface area (TPSA) is 65.1 Å². The average Bonchev–Trinajstić information content (AvgIpc) is 2.73. The molecule has 1 aromatic carbocycles. The lowest BCUT2D eigenvalue weighted by atomic mass is 9.99. The first-order valence-electron chi connectivity index (χ1n) is 11.6. The highest BCUT2D eigenvalue weighted by molar-refractivity contribution is 5.83. The van der Waals surface area contributed by atoms with Crippen LogP contribution in [-0.4, -0.2) is 85.7 Å². The SMILES string of the molecule is CC1CN(C(C(=O)NCCC(=O)N2CCN(c3ccccc3)CC2)C(C)C)CC(C)O1. The maximum Gasteiger partial charge on any atom is 0.237 e. The molecule has 1 N–H and O–H groups in total. The van der Waals surface area contributed by atoms with Gasteiger partial charge in [0.1, 0.15) is 0 Å². The summed E-state index contributed by atoms with van der Waals surface area (Å²) < 4.78 is 5.81.